The van der Waals surface area contributed by atoms with Crippen LogP contribution in [0.4, 0.5) is 5.69 Å². The van der Waals surface area contributed by atoms with Crippen molar-refractivity contribution >= 4 is 11.6 Å². The lowest BCUT2D eigenvalue weighted by Gasteiger charge is -2.34. The quantitative estimate of drug-likeness (QED) is 0.852. The van der Waals surface area contributed by atoms with Crippen molar-refractivity contribution in [2.75, 3.05) is 18.4 Å². The Hall–Kier alpha value is -1.51. The first-order chi connectivity index (χ1) is 9.56. The number of hydrogen-bond donors (Lipinski definition) is 1. The zero-order chi connectivity index (χ0) is 14.3. The number of carbonyl (C=O) groups is 1. The summed E-state index contributed by atoms with van der Waals surface area (Å²) in [6, 6.07) is 8.54. The van der Waals surface area contributed by atoms with E-state index in [1.54, 1.807) is 0 Å². The number of fused-ring (bicyclic) bond motifs is 1. The van der Waals surface area contributed by atoms with Crippen molar-refractivity contribution in [2.45, 2.75) is 33.2 Å². The third-order valence-corrected chi connectivity index (χ3v) is 5.06. The number of benzene rings is 1. The molecule has 108 valence electrons. The van der Waals surface area contributed by atoms with Gasteiger partial charge in [-0.2, -0.15) is 0 Å². The monoisotopic (exact) mass is 272 g/mol. The molecule has 0 saturated carbocycles. The maximum absolute atomic E-state index is 12.8. The molecule has 0 bridgehead atoms. The molecule has 3 rings (SSSR count). The van der Waals surface area contributed by atoms with Crippen LogP contribution in [0.2, 0.25) is 0 Å². The largest absolute Gasteiger partial charge is 0.382 e. The van der Waals surface area contributed by atoms with Crippen LogP contribution in [0.1, 0.15) is 26.3 Å². The first kappa shape index (κ1) is 13.5. The number of nitrogens with one attached hydrogen (secondary N) is 1. The maximum atomic E-state index is 12.8. The van der Waals surface area contributed by atoms with Crippen molar-refractivity contribution in [3.63, 3.8) is 0 Å². The van der Waals surface area contributed by atoms with Gasteiger partial charge in [-0.05, 0) is 36.8 Å². The van der Waals surface area contributed by atoms with E-state index >= 15 is 0 Å². The second-order valence-electron chi connectivity index (χ2n) is 6.60. The van der Waals surface area contributed by atoms with Crippen LogP contribution in [0.3, 0.4) is 0 Å². The molecule has 2 aliphatic heterocycles. The molecule has 2 aliphatic rings. The molecular formula is C17H24N2O. The number of likely N-dealkylation sites (tertiary alicyclic amines) is 1. The van der Waals surface area contributed by atoms with Crippen LogP contribution in [0.5, 0.6) is 0 Å². The topological polar surface area (TPSA) is 32.3 Å². The number of nitrogens with zero attached hydrogens (tertiary/aromatic N) is 1. The molecule has 3 heteroatoms. The molecular weight excluding hydrogens is 248 g/mol. The summed E-state index contributed by atoms with van der Waals surface area (Å²) in [5, 5.41) is 3.49. The number of anilines is 1. The first-order valence-electron chi connectivity index (χ1n) is 7.69. The average Bonchev–Trinajstić information content (AvgIpc) is 2.77. The number of amides is 1. The minimum absolute atomic E-state index is 0.0717. The van der Waals surface area contributed by atoms with Gasteiger partial charge in [0.15, 0.2) is 0 Å². The van der Waals surface area contributed by atoms with E-state index in [2.05, 4.69) is 49.2 Å². The van der Waals surface area contributed by atoms with Gasteiger partial charge in [0.25, 0.3) is 0 Å². The molecule has 1 N–H and O–H groups in total. The van der Waals surface area contributed by atoms with Crippen molar-refractivity contribution in [1.29, 1.82) is 0 Å². The molecule has 2 heterocycles. The summed E-state index contributed by atoms with van der Waals surface area (Å²) < 4.78 is 0. The molecule has 1 aromatic carbocycles. The van der Waals surface area contributed by atoms with Crippen LogP contribution in [0.15, 0.2) is 24.3 Å². The Morgan fingerprint density at radius 1 is 1.15 bits per heavy atom. The van der Waals surface area contributed by atoms with Gasteiger partial charge in [0.2, 0.25) is 5.91 Å². The van der Waals surface area contributed by atoms with E-state index in [1.165, 1.54) is 11.3 Å². The third kappa shape index (κ3) is 2.30. The van der Waals surface area contributed by atoms with Crippen molar-refractivity contribution in [1.82, 2.24) is 4.90 Å². The summed E-state index contributed by atoms with van der Waals surface area (Å²) >= 11 is 0. The van der Waals surface area contributed by atoms with Crippen molar-refractivity contribution in [3.05, 3.63) is 29.8 Å². The number of para-hydroxylation sites is 1. The summed E-state index contributed by atoms with van der Waals surface area (Å²) in [5.74, 6) is 1.65. The normalized spacial score (nSPS) is 32.6. The second kappa shape index (κ2) is 5.12. The van der Waals surface area contributed by atoms with Gasteiger partial charge in [-0.1, -0.05) is 32.0 Å². The molecule has 1 amide bonds. The molecule has 0 aromatic heterocycles. The Morgan fingerprint density at radius 2 is 1.80 bits per heavy atom. The van der Waals surface area contributed by atoms with Crippen molar-refractivity contribution in [2.24, 2.45) is 17.8 Å². The Bertz CT molecular complexity index is 503. The van der Waals surface area contributed by atoms with Crippen LogP contribution in [-0.4, -0.2) is 29.9 Å². The predicted molar refractivity (Wildman–Crippen MR) is 81.6 cm³/mol. The summed E-state index contributed by atoms with van der Waals surface area (Å²) in [7, 11) is 0. The van der Waals surface area contributed by atoms with E-state index in [9.17, 15) is 4.79 Å². The standard InChI is InChI=1S/C17H24N2O/c1-11-9-19(10-12(11)2)17(20)15-8-14-6-4-5-7-16(14)18-13(15)3/h4-7,11-13,15,18H,8-10H2,1-3H3. The second-order valence-corrected chi connectivity index (χ2v) is 6.60. The van der Waals surface area contributed by atoms with Crippen LogP contribution in [0, 0.1) is 17.8 Å². The number of carbonyl (C=O) groups excluding carboxylic acids is 1. The van der Waals surface area contributed by atoms with E-state index in [0.717, 1.165) is 19.5 Å². The molecule has 4 atom stereocenters. The summed E-state index contributed by atoms with van der Waals surface area (Å²) in [4.78, 5) is 14.9. The summed E-state index contributed by atoms with van der Waals surface area (Å²) in [5.41, 5.74) is 2.46. The fourth-order valence-corrected chi connectivity index (χ4v) is 3.44. The Labute approximate surface area is 121 Å². The summed E-state index contributed by atoms with van der Waals surface area (Å²) in [6.07, 6.45) is 0.864. The molecule has 1 aromatic rings. The molecule has 1 saturated heterocycles. The van der Waals surface area contributed by atoms with Gasteiger partial charge < -0.3 is 10.2 Å². The first-order valence-corrected chi connectivity index (χ1v) is 7.69. The highest BCUT2D eigenvalue weighted by atomic mass is 16.2. The van der Waals surface area contributed by atoms with E-state index in [1.807, 2.05) is 6.07 Å². The van der Waals surface area contributed by atoms with E-state index in [0.29, 0.717) is 17.7 Å². The molecule has 3 nitrogen and oxygen atoms in total. The highest BCUT2D eigenvalue weighted by molar-refractivity contribution is 5.82. The van der Waals surface area contributed by atoms with Crippen LogP contribution in [-0.2, 0) is 11.2 Å². The van der Waals surface area contributed by atoms with Crippen LogP contribution >= 0.6 is 0 Å². The molecule has 20 heavy (non-hydrogen) atoms. The number of hydrogen-bond acceptors (Lipinski definition) is 2. The fraction of sp³-hybridized carbons (Fsp3) is 0.588. The van der Waals surface area contributed by atoms with Crippen LogP contribution in [0.25, 0.3) is 0 Å². The van der Waals surface area contributed by atoms with Crippen LogP contribution < -0.4 is 5.32 Å². The Kier molecular flexibility index (Phi) is 3.45. The lowest BCUT2D eigenvalue weighted by molar-refractivity contribution is -0.135. The predicted octanol–water partition coefficient (Wildman–Crippen LogP) is 2.77. The van der Waals surface area contributed by atoms with Gasteiger partial charge in [0.1, 0.15) is 0 Å². The maximum Gasteiger partial charge on any atom is 0.228 e. The highest BCUT2D eigenvalue weighted by Crippen LogP contribution is 2.31. The SMILES string of the molecule is CC1CN(C(=O)C2Cc3ccccc3NC2C)CC1C. The van der Waals surface area contributed by atoms with E-state index < -0.39 is 0 Å². The lowest BCUT2D eigenvalue weighted by Crippen LogP contribution is -2.44. The van der Waals surface area contributed by atoms with Gasteiger partial charge in [-0.3, -0.25) is 4.79 Å². The average molecular weight is 272 g/mol. The fourth-order valence-electron chi connectivity index (χ4n) is 3.44. The zero-order valence-electron chi connectivity index (χ0n) is 12.6. The Balaban J connectivity index is 1.76. The minimum atomic E-state index is 0.0717. The smallest absolute Gasteiger partial charge is 0.228 e. The summed E-state index contributed by atoms with van der Waals surface area (Å²) in [6.45, 7) is 8.46. The van der Waals surface area contributed by atoms with Crippen molar-refractivity contribution < 1.29 is 4.79 Å². The third-order valence-electron chi connectivity index (χ3n) is 5.06. The molecule has 1 fully saturated rings. The highest BCUT2D eigenvalue weighted by Gasteiger charge is 2.37. The van der Waals surface area contributed by atoms with E-state index in [4.69, 9.17) is 0 Å². The zero-order valence-corrected chi connectivity index (χ0v) is 12.6. The van der Waals surface area contributed by atoms with E-state index in [-0.39, 0.29) is 12.0 Å². The molecule has 0 radical (unpaired) electrons. The molecule has 0 aliphatic carbocycles. The van der Waals surface area contributed by atoms with Gasteiger partial charge in [-0.25, -0.2) is 0 Å². The number of rotatable bonds is 1. The van der Waals surface area contributed by atoms with Gasteiger partial charge in [0.05, 0.1) is 5.92 Å². The van der Waals surface area contributed by atoms with Crippen molar-refractivity contribution in [3.8, 4) is 0 Å². The minimum Gasteiger partial charge on any atom is -0.382 e. The Morgan fingerprint density at radius 3 is 2.50 bits per heavy atom. The van der Waals surface area contributed by atoms with Gasteiger partial charge in [0, 0.05) is 24.8 Å². The molecule has 4 unspecified atom stereocenters. The van der Waals surface area contributed by atoms with Gasteiger partial charge in [-0.15, -0.1) is 0 Å². The lowest BCUT2D eigenvalue weighted by atomic mass is 9.87. The van der Waals surface area contributed by atoms with Gasteiger partial charge >= 0.3 is 0 Å². The molecule has 0 spiro atoms.